The molecule has 0 aromatic heterocycles. The summed E-state index contributed by atoms with van der Waals surface area (Å²) in [5, 5.41) is 3.40. The van der Waals surface area contributed by atoms with Crippen molar-refractivity contribution >= 4 is 0 Å². The molecule has 0 radical (unpaired) electrons. The molecule has 1 rings (SSSR count). The Morgan fingerprint density at radius 2 is 2.06 bits per heavy atom. The van der Waals surface area contributed by atoms with Crippen molar-refractivity contribution in [3.8, 4) is 0 Å². The van der Waals surface area contributed by atoms with Gasteiger partial charge < -0.3 is 10.1 Å². The van der Waals surface area contributed by atoms with E-state index in [0.717, 1.165) is 5.92 Å². The van der Waals surface area contributed by atoms with Gasteiger partial charge in [-0.3, -0.25) is 0 Å². The van der Waals surface area contributed by atoms with Gasteiger partial charge in [0.15, 0.2) is 0 Å². The van der Waals surface area contributed by atoms with Crippen LogP contribution in [0.5, 0.6) is 0 Å². The first kappa shape index (κ1) is 13.8. The van der Waals surface area contributed by atoms with E-state index in [2.05, 4.69) is 19.2 Å². The van der Waals surface area contributed by atoms with E-state index < -0.39 is 13.0 Å². The van der Waals surface area contributed by atoms with Gasteiger partial charge in [0, 0.05) is 12.6 Å². The largest absolute Gasteiger partial charge is 0.374 e. The van der Waals surface area contributed by atoms with Gasteiger partial charge >= 0.3 is 0 Å². The van der Waals surface area contributed by atoms with Gasteiger partial charge in [0.2, 0.25) is 0 Å². The highest BCUT2D eigenvalue weighted by atomic mass is 19.3. The van der Waals surface area contributed by atoms with E-state index in [1.807, 2.05) is 0 Å². The SMILES string of the molecule is CC1CCC(NCCOCC(F)F)C(C)C1. The van der Waals surface area contributed by atoms with Gasteiger partial charge in [0.1, 0.15) is 6.61 Å². The lowest BCUT2D eigenvalue weighted by molar-refractivity contribution is 0.0173. The van der Waals surface area contributed by atoms with E-state index >= 15 is 0 Å². The number of rotatable bonds is 6. The molecule has 0 aromatic carbocycles. The van der Waals surface area contributed by atoms with Crippen LogP contribution >= 0.6 is 0 Å². The third-order valence-corrected chi connectivity index (χ3v) is 3.33. The quantitative estimate of drug-likeness (QED) is 0.715. The molecule has 0 heterocycles. The maximum Gasteiger partial charge on any atom is 0.261 e. The highest BCUT2D eigenvalue weighted by Crippen LogP contribution is 2.28. The third-order valence-electron chi connectivity index (χ3n) is 3.33. The minimum absolute atomic E-state index is 0.378. The first-order chi connectivity index (χ1) is 7.59. The van der Waals surface area contributed by atoms with Crippen LogP contribution in [0, 0.1) is 11.8 Å². The van der Waals surface area contributed by atoms with Crippen molar-refractivity contribution in [2.24, 2.45) is 11.8 Å². The fourth-order valence-corrected chi connectivity index (χ4v) is 2.46. The van der Waals surface area contributed by atoms with Gasteiger partial charge in [-0.15, -0.1) is 0 Å². The van der Waals surface area contributed by atoms with Crippen molar-refractivity contribution in [2.75, 3.05) is 19.8 Å². The van der Waals surface area contributed by atoms with Crippen molar-refractivity contribution in [3.63, 3.8) is 0 Å². The van der Waals surface area contributed by atoms with Crippen LogP contribution in [0.1, 0.15) is 33.1 Å². The van der Waals surface area contributed by atoms with Crippen LogP contribution in [0.2, 0.25) is 0 Å². The van der Waals surface area contributed by atoms with Gasteiger partial charge in [-0.05, 0) is 31.1 Å². The molecule has 0 aromatic rings. The normalized spacial score (nSPS) is 30.9. The lowest BCUT2D eigenvalue weighted by atomic mass is 9.80. The average Bonchev–Trinajstić information content (AvgIpc) is 2.20. The Morgan fingerprint density at radius 3 is 2.69 bits per heavy atom. The van der Waals surface area contributed by atoms with E-state index in [4.69, 9.17) is 4.74 Å². The molecule has 2 nitrogen and oxygen atoms in total. The van der Waals surface area contributed by atoms with Gasteiger partial charge in [0.25, 0.3) is 6.43 Å². The molecular weight excluding hydrogens is 212 g/mol. The van der Waals surface area contributed by atoms with E-state index in [-0.39, 0.29) is 0 Å². The summed E-state index contributed by atoms with van der Waals surface area (Å²) in [5.74, 6) is 1.50. The molecule has 3 unspecified atom stereocenters. The lowest BCUT2D eigenvalue weighted by Gasteiger charge is -2.33. The molecule has 4 heteroatoms. The zero-order chi connectivity index (χ0) is 12.0. The van der Waals surface area contributed by atoms with Crippen LogP contribution in [-0.4, -0.2) is 32.2 Å². The Bertz CT molecular complexity index is 190. The molecule has 0 spiro atoms. The maximum absolute atomic E-state index is 11.8. The van der Waals surface area contributed by atoms with Crippen LogP contribution in [0.15, 0.2) is 0 Å². The number of halogens is 2. The molecule has 0 amide bonds. The molecule has 0 saturated heterocycles. The Kier molecular flexibility index (Phi) is 6.21. The summed E-state index contributed by atoms with van der Waals surface area (Å²) in [6, 6.07) is 0.534. The van der Waals surface area contributed by atoms with Crippen LogP contribution in [0.3, 0.4) is 0 Å². The van der Waals surface area contributed by atoms with Gasteiger partial charge in [-0.1, -0.05) is 13.8 Å². The highest BCUT2D eigenvalue weighted by molar-refractivity contribution is 4.80. The van der Waals surface area contributed by atoms with Crippen molar-refractivity contribution in [2.45, 2.75) is 45.6 Å². The van der Waals surface area contributed by atoms with E-state index in [1.165, 1.54) is 19.3 Å². The van der Waals surface area contributed by atoms with E-state index in [9.17, 15) is 8.78 Å². The second kappa shape index (κ2) is 7.17. The van der Waals surface area contributed by atoms with Crippen LogP contribution in [0.25, 0.3) is 0 Å². The molecule has 1 aliphatic rings. The van der Waals surface area contributed by atoms with E-state index in [1.54, 1.807) is 0 Å². The zero-order valence-corrected chi connectivity index (χ0v) is 10.2. The fraction of sp³-hybridized carbons (Fsp3) is 1.00. The molecule has 0 bridgehead atoms. The summed E-state index contributed by atoms with van der Waals surface area (Å²) in [6.45, 7) is 5.16. The fourth-order valence-electron chi connectivity index (χ4n) is 2.46. The molecule has 0 aliphatic heterocycles. The predicted octanol–water partition coefficient (Wildman–Crippen LogP) is 2.68. The second-order valence-electron chi connectivity index (χ2n) is 4.92. The first-order valence-corrected chi connectivity index (χ1v) is 6.19. The van der Waals surface area contributed by atoms with Crippen LogP contribution in [-0.2, 0) is 4.74 Å². The summed E-state index contributed by atoms with van der Waals surface area (Å²) in [4.78, 5) is 0. The maximum atomic E-state index is 11.8. The van der Waals surface area contributed by atoms with Crippen LogP contribution < -0.4 is 5.32 Å². The number of hydrogen-bond donors (Lipinski definition) is 1. The molecular formula is C12H23F2NO. The minimum atomic E-state index is -2.35. The molecule has 1 fully saturated rings. The van der Waals surface area contributed by atoms with Crippen molar-refractivity contribution in [1.82, 2.24) is 5.32 Å². The molecule has 1 N–H and O–H groups in total. The van der Waals surface area contributed by atoms with Crippen molar-refractivity contribution in [3.05, 3.63) is 0 Å². The number of alkyl halides is 2. The van der Waals surface area contributed by atoms with Crippen LogP contribution in [0.4, 0.5) is 8.78 Å². The third kappa shape index (κ3) is 5.21. The van der Waals surface area contributed by atoms with Crippen molar-refractivity contribution < 1.29 is 13.5 Å². The summed E-state index contributed by atoms with van der Waals surface area (Å²) < 4.78 is 28.4. The smallest absolute Gasteiger partial charge is 0.261 e. The molecule has 3 atom stereocenters. The van der Waals surface area contributed by atoms with E-state index in [0.29, 0.717) is 25.1 Å². The Labute approximate surface area is 96.7 Å². The molecule has 96 valence electrons. The number of hydrogen-bond acceptors (Lipinski definition) is 2. The monoisotopic (exact) mass is 235 g/mol. The number of nitrogens with one attached hydrogen (secondary N) is 1. The Hall–Kier alpha value is -0.220. The second-order valence-corrected chi connectivity index (χ2v) is 4.92. The zero-order valence-electron chi connectivity index (χ0n) is 10.2. The van der Waals surface area contributed by atoms with Crippen molar-refractivity contribution in [1.29, 1.82) is 0 Å². The summed E-state index contributed by atoms with van der Waals surface area (Å²) in [7, 11) is 0. The molecule has 16 heavy (non-hydrogen) atoms. The standard InChI is InChI=1S/C12H23F2NO/c1-9-3-4-11(10(2)7-9)15-5-6-16-8-12(13)14/h9-12,15H,3-8H2,1-2H3. The summed E-state index contributed by atoms with van der Waals surface area (Å²) >= 11 is 0. The highest BCUT2D eigenvalue weighted by Gasteiger charge is 2.24. The summed E-state index contributed by atoms with van der Waals surface area (Å²) in [5.41, 5.74) is 0. The minimum Gasteiger partial charge on any atom is -0.374 e. The lowest BCUT2D eigenvalue weighted by Crippen LogP contribution is -2.40. The molecule has 1 aliphatic carbocycles. The topological polar surface area (TPSA) is 21.3 Å². The van der Waals surface area contributed by atoms with Gasteiger partial charge in [0.05, 0.1) is 6.61 Å². The average molecular weight is 235 g/mol. The first-order valence-electron chi connectivity index (χ1n) is 6.19. The molecule has 1 saturated carbocycles. The van der Waals surface area contributed by atoms with Gasteiger partial charge in [-0.25, -0.2) is 8.78 Å². The number of ether oxygens (including phenoxy) is 1. The predicted molar refractivity (Wildman–Crippen MR) is 60.8 cm³/mol. The Morgan fingerprint density at radius 1 is 1.31 bits per heavy atom. The van der Waals surface area contributed by atoms with Gasteiger partial charge in [-0.2, -0.15) is 0 Å². The Balaban J connectivity index is 2.04. The summed E-state index contributed by atoms with van der Waals surface area (Å²) in [6.07, 6.45) is 1.36.